The molecule has 3 unspecified atom stereocenters. The lowest BCUT2D eigenvalue weighted by Crippen LogP contribution is -2.45. The van der Waals surface area contributed by atoms with Crippen LogP contribution in [0, 0.1) is 0 Å². The number of nitrogens with one attached hydrogen (secondary N) is 1. The number of phosphoric ester groups is 1. The molecule has 0 saturated heterocycles. The number of hydrogen-bond acceptors (Lipinski definition) is 6. The Balaban J connectivity index is 4.42. The Morgan fingerprint density at radius 1 is 0.486 bits per heavy atom. The Morgan fingerprint density at radius 3 is 1.26 bits per heavy atom. The number of aliphatic hydroxyl groups excluding tert-OH is 1. The minimum Gasteiger partial charge on any atom is -0.756 e. The molecule has 0 saturated carbocycles. The minimum absolute atomic E-state index is 0.0256. The van der Waals surface area contributed by atoms with Crippen LogP contribution in [0.15, 0.2) is 134 Å². The van der Waals surface area contributed by atoms with Crippen molar-refractivity contribution in [3.05, 3.63) is 134 Å². The average Bonchev–Trinajstić information content (AvgIpc) is 3.36. The summed E-state index contributed by atoms with van der Waals surface area (Å²) >= 11 is 0. The van der Waals surface area contributed by atoms with Crippen molar-refractivity contribution in [1.82, 2.24) is 5.32 Å². The predicted molar refractivity (Wildman–Crippen MR) is 320 cm³/mol. The van der Waals surface area contributed by atoms with Gasteiger partial charge >= 0.3 is 0 Å². The molecule has 74 heavy (non-hydrogen) atoms. The Bertz CT molecular complexity index is 1660. The molecule has 0 spiro atoms. The van der Waals surface area contributed by atoms with Gasteiger partial charge in [-0.1, -0.05) is 237 Å². The maximum atomic E-state index is 13.0. The maximum absolute atomic E-state index is 13.0. The summed E-state index contributed by atoms with van der Waals surface area (Å²) in [7, 11) is 1.18. The Labute approximate surface area is 456 Å². The van der Waals surface area contributed by atoms with E-state index >= 15 is 0 Å². The van der Waals surface area contributed by atoms with Crippen LogP contribution in [-0.4, -0.2) is 68.5 Å². The van der Waals surface area contributed by atoms with Crippen LogP contribution >= 0.6 is 7.82 Å². The van der Waals surface area contributed by atoms with Crippen molar-refractivity contribution in [2.24, 2.45) is 0 Å². The summed E-state index contributed by atoms with van der Waals surface area (Å²) in [6, 6.07) is -0.945. The van der Waals surface area contributed by atoms with Gasteiger partial charge in [0.15, 0.2) is 0 Å². The van der Waals surface area contributed by atoms with Gasteiger partial charge in [-0.15, -0.1) is 0 Å². The smallest absolute Gasteiger partial charge is 0.268 e. The van der Waals surface area contributed by atoms with E-state index in [9.17, 15) is 19.4 Å². The lowest BCUT2D eigenvalue weighted by Gasteiger charge is -2.29. The van der Waals surface area contributed by atoms with Crippen LogP contribution in [0.4, 0.5) is 0 Å². The number of hydrogen-bond donors (Lipinski definition) is 2. The second-order valence-electron chi connectivity index (χ2n) is 20.6. The molecule has 0 fully saturated rings. The molecule has 0 aliphatic rings. The first-order chi connectivity index (χ1) is 36.0. The fourth-order valence-corrected chi connectivity index (χ4v) is 8.45. The summed E-state index contributed by atoms with van der Waals surface area (Å²) in [4.78, 5) is 25.5. The van der Waals surface area contributed by atoms with Gasteiger partial charge in [0.2, 0.25) is 5.91 Å². The second kappa shape index (κ2) is 54.4. The monoisotopic (exact) mass is 1050 g/mol. The van der Waals surface area contributed by atoms with Crippen molar-refractivity contribution < 1.29 is 32.9 Å². The molecule has 0 radical (unpaired) electrons. The van der Waals surface area contributed by atoms with Crippen molar-refractivity contribution >= 4 is 13.7 Å². The van der Waals surface area contributed by atoms with Crippen LogP contribution in [-0.2, 0) is 18.4 Å². The molecule has 0 rings (SSSR count). The van der Waals surface area contributed by atoms with Crippen LogP contribution in [0.1, 0.15) is 219 Å². The van der Waals surface area contributed by atoms with E-state index in [0.29, 0.717) is 23.9 Å². The van der Waals surface area contributed by atoms with Crippen molar-refractivity contribution in [3.63, 3.8) is 0 Å². The van der Waals surface area contributed by atoms with E-state index in [-0.39, 0.29) is 18.9 Å². The molecule has 422 valence electrons. The van der Waals surface area contributed by atoms with Gasteiger partial charge in [-0.25, -0.2) is 0 Å². The molecule has 3 atom stereocenters. The Hall–Kier alpha value is -3.36. The van der Waals surface area contributed by atoms with E-state index in [1.165, 1.54) is 103 Å². The first-order valence-electron chi connectivity index (χ1n) is 29.5. The summed E-state index contributed by atoms with van der Waals surface area (Å²) in [5.74, 6) is -0.258. The van der Waals surface area contributed by atoms with Gasteiger partial charge in [-0.3, -0.25) is 9.36 Å². The molecule has 0 aliphatic carbocycles. The maximum Gasteiger partial charge on any atom is 0.268 e. The molecule has 1 amide bonds. The van der Waals surface area contributed by atoms with E-state index in [1.807, 2.05) is 27.2 Å². The van der Waals surface area contributed by atoms with Crippen LogP contribution in [0.2, 0.25) is 0 Å². The normalized spacial score (nSPS) is 14.9. The van der Waals surface area contributed by atoms with Gasteiger partial charge in [-0.2, -0.15) is 0 Å². The summed E-state index contributed by atoms with van der Waals surface area (Å²) in [5, 5.41) is 13.8. The van der Waals surface area contributed by atoms with Crippen molar-refractivity contribution in [2.75, 3.05) is 40.9 Å². The molecule has 0 aromatic heterocycles. The molecule has 0 heterocycles. The number of amides is 1. The third-order valence-corrected chi connectivity index (χ3v) is 13.3. The van der Waals surface area contributed by atoms with Crippen molar-refractivity contribution in [2.45, 2.75) is 231 Å². The van der Waals surface area contributed by atoms with E-state index in [0.717, 1.165) is 83.5 Å². The number of likely N-dealkylation sites (N-methyl/N-ethyl adjacent to an activating group) is 1. The quantitative estimate of drug-likeness (QED) is 0.0272. The number of carbonyl (C=O) groups is 1. The molecule has 8 nitrogen and oxygen atoms in total. The summed E-state index contributed by atoms with van der Waals surface area (Å²) in [6.07, 6.45) is 82.6. The highest BCUT2D eigenvalue weighted by Gasteiger charge is 2.23. The van der Waals surface area contributed by atoms with Crippen molar-refractivity contribution in [3.8, 4) is 0 Å². The number of allylic oxidation sites excluding steroid dienone is 21. The fraction of sp³-hybridized carbons (Fsp3) is 0.646. The first kappa shape index (κ1) is 70.6. The molecular formula is C65H111N2O6P. The number of aliphatic hydroxyl groups is 1. The van der Waals surface area contributed by atoms with Crippen LogP contribution in [0.25, 0.3) is 0 Å². The first-order valence-corrected chi connectivity index (χ1v) is 31.0. The molecule has 0 bridgehead atoms. The minimum atomic E-state index is -4.63. The lowest BCUT2D eigenvalue weighted by atomic mass is 10.0. The third-order valence-electron chi connectivity index (χ3n) is 12.3. The standard InChI is InChI=1S/C65H111N2O6P/c1-6-8-10-12-14-16-18-20-22-24-26-28-30-32-33-35-37-39-41-43-45-47-49-51-53-55-57-59-65(69)66-63(62-73-74(70,71)72-61-60-67(3,4)5)64(68)58-56-54-52-50-48-46-44-42-40-38-36-34-31-29-27-25-23-21-19-17-15-13-11-9-7-2/h8,10,14,16,20,22,26,28,32-33,37,39-40,42-43,45,48-51,56,58,63-64,68H,6-7,9,11-13,15,17-19,21,23-25,27,29-31,34-36,38,41,44,46-47,52-55,57,59-62H2,1-5H3,(H-,66,69,70,71)/b10-8-,16-14-,22-20-,28-26-,33-32-,39-37-,42-40+,45-43-,50-48+,51-49-,58-56+. The topological polar surface area (TPSA) is 108 Å². The number of unbranched alkanes of at least 4 members (excludes halogenated alkanes) is 19. The van der Waals surface area contributed by atoms with E-state index in [4.69, 9.17) is 9.05 Å². The van der Waals surface area contributed by atoms with E-state index in [1.54, 1.807) is 6.08 Å². The van der Waals surface area contributed by atoms with Gasteiger partial charge in [-0.05, 0) is 109 Å². The zero-order chi connectivity index (χ0) is 54.2. The van der Waals surface area contributed by atoms with E-state index in [2.05, 4.69) is 141 Å². The van der Waals surface area contributed by atoms with Crippen LogP contribution in [0.5, 0.6) is 0 Å². The van der Waals surface area contributed by atoms with Crippen molar-refractivity contribution in [1.29, 1.82) is 0 Å². The number of nitrogens with zero attached hydrogens (tertiary/aromatic N) is 1. The molecule has 0 aromatic rings. The van der Waals surface area contributed by atoms with Gasteiger partial charge in [0, 0.05) is 6.42 Å². The largest absolute Gasteiger partial charge is 0.756 e. The highest BCUT2D eigenvalue weighted by Crippen LogP contribution is 2.38. The fourth-order valence-electron chi connectivity index (χ4n) is 7.73. The van der Waals surface area contributed by atoms with Crippen LogP contribution in [0.3, 0.4) is 0 Å². The van der Waals surface area contributed by atoms with Gasteiger partial charge in [0.1, 0.15) is 13.2 Å². The Morgan fingerprint density at radius 2 is 0.838 bits per heavy atom. The highest BCUT2D eigenvalue weighted by molar-refractivity contribution is 7.45. The summed E-state index contributed by atoms with van der Waals surface area (Å²) in [5.41, 5.74) is 0. The summed E-state index contributed by atoms with van der Waals surface area (Å²) < 4.78 is 23.3. The number of phosphoric acid groups is 1. The number of quaternary nitrogens is 1. The zero-order valence-electron chi connectivity index (χ0n) is 48.0. The van der Waals surface area contributed by atoms with Gasteiger partial charge in [0.25, 0.3) is 7.82 Å². The molecule has 0 aliphatic heterocycles. The van der Waals surface area contributed by atoms with Crippen LogP contribution < -0.4 is 10.2 Å². The Kier molecular flexibility index (Phi) is 52.0. The van der Waals surface area contributed by atoms with Gasteiger partial charge < -0.3 is 28.8 Å². The molecule has 2 N–H and O–H groups in total. The molecule has 0 aromatic carbocycles. The number of rotatable bonds is 52. The molecule has 9 heteroatoms. The highest BCUT2D eigenvalue weighted by atomic mass is 31.2. The van der Waals surface area contributed by atoms with E-state index < -0.39 is 26.6 Å². The SMILES string of the molecule is CC/C=C\C/C=C\C/C=C\C/C=C\C/C=C\C/C=C\C/C=C\C/C=C\CCCCC(=O)NC(COP(=O)([O-])OCC[N+](C)(C)C)C(O)/C=C/CC/C=C/CC/C=C/CCCCCCCCCCCCCCCCC. The van der Waals surface area contributed by atoms with Gasteiger partial charge in [0.05, 0.1) is 39.9 Å². The summed E-state index contributed by atoms with van der Waals surface area (Å²) in [6.45, 7) is 4.46. The molecular weight excluding hydrogens is 936 g/mol. The lowest BCUT2D eigenvalue weighted by molar-refractivity contribution is -0.870. The average molecular weight is 1050 g/mol. The number of carbonyl (C=O) groups excluding carboxylic acids is 1. The zero-order valence-corrected chi connectivity index (χ0v) is 48.9. The third kappa shape index (κ3) is 56.4. The predicted octanol–water partition coefficient (Wildman–Crippen LogP) is 17.7. The second-order valence-corrected chi connectivity index (χ2v) is 22.0.